The molecule has 2 aliphatic heterocycles. The van der Waals surface area contributed by atoms with Crippen LogP contribution in [-0.4, -0.2) is 86.9 Å². The number of oxime groups is 1. The van der Waals surface area contributed by atoms with Crippen LogP contribution in [-0.2, 0) is 30.5 Å². The molecule has 1 saturated heterocycles. The van der Waals surface area contributed by atoms with E-state index in [2.05, 4.69) is 30.5 Å². The molecule has 0 aromatic carbocycles. The summed E-state index contributed by atoms with van der Waals surface area (Å²) in [5.41, 5.74) is 7.58. The predicted molar refractivity (Wildman–Crippen MR) is 176 cm³/mol. The topological polar surface area (TPSA) is 219 Å². The molecule has 48 heavy (non-hydrogen) atoms. The number of thiazole rings is 2. The normalized spacial score (nSPS) is 17.5. The van der Waals surface area contributed by atoms with Crippen LogP contribution in [0.2, 0.25) is 0 Å². The molecule has 0 aliphatic carbocycles. The lowest BCUT2D eigenvalue weighted by Crippen LogP contribution is -2.64. The van der Waals surface area contributed by atoms with E-state index in [1.807, 2.05) is 16.7 Å². The number of alkyl carbamates (subject to hydrolysis) is 1. The number of anilines is 1. The van der Waals surface area contributed by atoms with Crippen molar-refractivity contribution in [1.82, 2.24) is 25.5 Å². The summed E-state index contributed by atoms with van der Waals surface area (Å²) in [7, 11) is 1.16. The monoisotopic (exact) mass is 713 g/mol. The quantitative estimate of drug-likeness (QED) is 0.0911. The number of allylic oxidation sites excluding steroid dienone is 2. The van der Waals surface area contributed by atoms with Crippen molar-refractivity contribution in [3.05, 3.63) is 69.4 Å². The SMILES string of the molecule is CCO/N=C(\C(=O)NCC1C(=O)N2C(C(=O)O)=C(/C=C/C[n+]3ccc(-c4csc(C(=O)NC(=O)OC)n4)cc3)CSC12)c1csc(N)n1. The van der Waals surface area contributed by atoms with Crippen molar-refractivity contribution in [3.8, 4) is 11.3 Å². The summed E-state index contributed by atoms with van der Waals surface area (Å²) in [6, 6.07) is 3.62. The molecule has 19 heteroatoms. The van der Waals surface area contributed by atoms with E-state index in [9.17, 15) is 29.1 Å². The number of carbonyl (C=O) groups excluding carboxylic acids is 4. The Hall–Kier alpha value is -5.14. The van der Waals surface area contributed by atoms with Crippen LogP contribution in [0.5, 0.6) is 0 Å². The number of methoxy groups -OCH3 is 1. The fraction of sp³-hybridized carbons (Fsp3) is 0.276. The maximum Gasteiger partial charge on any atom is 0.413 e. The van der Waals surface area contributed by atoms with E-state index >= 15 is 0 Å². The van der Waals surface area contributed by atoms with Gasteiger partial charge in [-0.2, -0.15) is 0 Å². The van der Waals surface area contributed by atoms with Crippen LogP contribution in [0.1, 0.15) is 22.4 Å². The molecule has 2 atom stereocenters. The standard InChI is InChI=1S/C29H28N8O8S3/c1-3-45-35-20(19-14-48-28(30)33-19)22(38)31-11-17-25(40)37-21(27(41)42)16(12-47-26(17)37)5-4-8-36-9-6-15(7-10-36)18-13-46-24(32-18)23(39)34-29(43)44-2/h4-7,9-10,13-14,17,26H,3,8,11-12H2,1-2H3,(H4-,30,31,33,34,38,39,41,42,43)/p+1/b5-4+,35-20-. The Morgan fingerprint density at radius 3 is 2.65 bits per heavy atom. The number of nitrogens with two attached hydrogens (primary N) is 1. The van der Waals surface area contributed by atoms with E-state index in [4.69, 9.17) is 10.6 Å². The van der Waals surface area contributed by atoms with Crippen LogP contribution in [0.4, 0.5) is 9.93 Å². The highest BCUT2D eigenvalue weighted by Gasteiger charge is 2.53. The number of amides is 4. The van der Waals surface area contributed by atoms with Crippen LogP contribution < -0.4 is 20.9 Å². The number of carboxylic acid groups (broad SMARTS) is 1. The molecule has 1 fully saturated rings. The number of nitrogens with zero attached hydrogens (tertiary/aromatic N) is 5. The lowest BCUT2D eigenvalue weighted by Gasteiger charge is -2.49. The molecule has 4 amide bonds. The molecule has 5 heterocycles. The van der Waals surface area contributed by atoms with Gasteiger partial charge in [0.15, 0.2) is 34.8 Å². The lowest BCUT2D eigenvalue weighted by atomic mass is 9.95. The molecule has 2 unspecified atom stereocenters. The molecule has 5 rings (SSSR count). The third kappa shape index (κ3) is 7.53. The minimum atomic E-state index is -1.22. The van der Waals surface area contributed by atoms with Crippen molar-refractivity contribution in [2.45, 2.75) is 18.8 Å². The minimum absolute atomic E-state index is 0.0236. The number of nitrogen functional groups attached to an aromatic ring is 1. The molecule has 2 aliphatic rings. The Bertz CT molecular complexity index is 1830. The molecule has 16 nitrogen and oxygen atoms in total. The van der Waals surface area contributed by atoms with Crippen LogP contribution >= 0.6 is 34.4 Å². The maximum absolute atomic E-state index is 13.1. The number of carboxylic acids is 1. The number of rotatable bonds is 12. The van der Waals surface area contributed by atoms with Crippen molar-refractivity contribution in [2.75, 3.05) is 31.7 Å². The van der Waals surface area contributed by atoms with Gasteiger partial charge in [-0.05, 0) is 18.6 Å². The van der Waals surface area contributed by atoms with Gasteiger partial charge in [-0.3, -0.25) is 24.6 Å². The van der Waals surface area contributed by atoms with Gasteiger partial charge >= 0.3 is 12.1 Å². The number of nitrogens with one attached hydrogen (secondary N) is 2. The van der Waals surface area contributed by atoms with E-state index in [1.165, 1.54) is 16.7 Å². The summed E-state index contributed by atoms with van der Waals surface area (Å²) >= 11 is 3.65. The lowest BCUT2D eigenvalue weighted by molar-refractivity contribution is -0.686. The van der Waals surface area contributed by atoms with Crippen LogP contribution in [0.25, 0.3) is 11.3 Å². The second kappa shape index (κ2) is 15.2. The van der Waals surface area contributed by atoms with Gasteiger partial charge in [0, 0.05) is 40.8 Å². The first kappa shape index (κ1) is 34.2. The predicted octanol–water partition coefficient (Wildman–Crippen LogP) is 1.62. The highest BCUT2D eigenvalue weighted by molar-refractivity contribution is 8.00. The van der Waals surface area contributed by atoms with Gasteiger partial charge in [0.2, 0.25) is 5.91 Å². The second-order valence-corrected chi connectivity index (χ2v) is 12.9. The zero-order valence-electron chi connectivity index (χ0n) is 25.4. The minimum Gasteiger partial charge on any atom is -0.477 e. The average Bonchev–Trinajstić information content (AvgIpc) is 3.75. The van der Waals surface area contributed by atoms with Gasteiger partial charge in [-0.1, -0.05) is 11.2 Å². The van der Waals surface area contributed by atoms with Crippen LogP contribution in [0.15, 0.2) is 63.9 Å². The summed E-state index contributed by atoms with van der Waals surface area (Å²) in [6.45, 7) is 2.33. The zero-order valence-corrected chi connectivity index (χ0v) is 27.9. The third-order valence-electron chi connectivity index (χ3n) is 6.98. The number of thioether (sulfide) groups is 1. The number of ether oxygens (including phenoxy) is 1. The molecular weight excluding hydrogens is 685 g/mol. The summed E-state index contributed by atoms with van der Waals surface area (Å²) in [6.07, 6.45) is 6.22. The van der Waals surface area contributed by atoms with E-state index in [1.54, 1.807) is 42.2 Å². The highest BCUT2D eigenvalue weighted by Crippen LogP contribution is 2.43. The highest BCUT2D eigenvalue weighted by atomic mass is 32.2. The van der Waals surface area contributed by atoms with Crippen molar-refractivity contribution in [3.63, 3.8) is 0 Å². The van der Waals surface area contributed by atoms with Crippen molar-refractivity contribution in [2.24, 2.45) is 11.1 Å². The number of aliphatic carboxylic acids is 1. The van der Waals surface area contributed by atoms with E-state index in [0.717, 1.165) is 35.3 Å². The van der Waals surface area contributed by atoms with Crippen molar-refractivity contribution >= 4 is 75.1 Å². The maximum atomic E-state index is 13.1. The molecule has 0 bridgehead atoms. The van der Waals surface area contributed by atoms with E-state index < -0.39 is 41.1 Å². The number of imide groups is 1. The zero-order chi connectivity index (χ0) is 34.4. The van der Waals surface area contributed by atoms with Crippen molar-refractivity contribution in [1.29, 1.82) is 0 Å². The second-order valence-electron chi connectivity index (χ2n) is 10.0. The Labute approximate surface area is 285 Å². The number of β-lactam (4-membered cyclic amide) rings is 1. The first-order valence-electron chi connectivity index (χ1n) is 14.2. The number of aromatic nitrogens is 3. The smallest absolute Gasteiger partial charge is 0.413 e. The summed E-state index contributed by atoms with van der Waals surface area (Å²) in [5, 5.41) is 21.8. The van der Waals surface area contributed by atoms with E-state index in [-0.39, 0.29) is 40.4 Å². The third-order valence-corrected chi connectivity index (χ3v) is 9.85. The van der Waals surface area contributed by atoms with Gasteiger partial charge in [0.05, 0.1) is 24.1 Å². The van der Waals surface area contributed by atoms with Gasteiger partial charge < -0.3 is 25.7 Å². The Morgan fingerprint density at radius 2 is 1.98 bits per heavy atom. The Kier molecular flexibility index (Phi) is 10.8. The summed E-state index contributed by atoms with van der Waals surface area (Å²) in [4.78, 5) is 76.3. The summed E-state index contributed by atoms with van der Waals surface area (Å²) < 4.78 is 6.28. The Morgan fingerprint density at radius 1 is 1.21 bits per heavy atom. The van der Waals surface area contributed by atoms with Gasteiger partial charge in [0.25, 0.3) is 11.8 Å². The number of hydrogen-bond donors (Lipinski definition) is 4. The van der Waals surface area contributed by atoms with Crippen molar-refractivity contribution < 1.29 is 43.2 Å². The molecule has 250 valence electrons. The molecule has 5 N–H and O–H groups in total. The fourth-order valence-electron chi connectivity index (χ4n) is 4.70. The first-order valence-corrected chi connectivity index (χ1v) is 17.0. The average molecular weight is 714 g/mol. The number of carbonyl (C=O) groups is 5. The van der Waals surface area contributed by atoms with Crippen LogP contribution in [0.3, 0.4) is 0 Å². The van der Waals surface area contributed by atoms with E-state index in [0.29, 0.717) is 23.6 Å². The first-order chi connectivity index (χ1) is 23.1. The molecule has 0 spiro atoms. The van der Waals surface area contributed by atoms with Gasteiger partial charge in [-0.15, -0.1) is 34.4 Å². The molecule has 3 aromatic rings. The van der Waals surface area contributed by atoms with Gasteiger partial charge in [0.1, 0.15) is 18.0 Å². The largest absolute Gasteiger partial charge is 0.477 e. The number of pyridine rings is 1. The number of fused-ring (bicyclic) bond motifs is 1. The Balaban J connectivity index is 1.19. The number of hydrogen-bond acceptors (Lipinski definition) is 14. The van der Waals surface area contributed by atoms with Crippen LogP contribution in [0, 0.1) is 5.92 Å². The fourth-order valence-corrected chi connectivity index (χ4v) is 7.35. The molecule has 0 saturated carbocycles. The molecule has 3 aromatic heterocycles. The molecule has 0 radical (unpaired) electrons. The summed E-state index contributed by atoms with van der Waals surface area (Å²) in [5.74, 6) is -3.15. The van der Waals surface area contributed by atoms with Gasteiger partial charge in [-0.25, -0.2) is 24.1 Å². The molecular formula is C29H29N8O8S3+.